The number of aryl methyl sites for hydroxylation is 2. The maximum absolute atomic E-state index is 13.3. The highest BCUT2D eigenvalue weighted by atomic mass is 32.2. The van der Waals surface area contributed by atoms with E-state index in [1.165, 1.54) is 11.6 Å². The zero-order chi connectivity index (χ0) is 17.3. The van der Waals surface area contributed by atoms with Crippen LogP contribution < -0.4 is 5.32 Å². The van der Waals surface area contributed by atoms with E-state index in [-0.39, 0.29) is 17.1 Å². The number of anilines is 1. The summed E-state index contributed by atoms with van der Waals surface area (Å²) in [7, 11) is 0. The number of nitrogens with one attached hydrogen (secondary N) is 1. The summed E-state index contributed by atoms with van der Waals surface area (Å²) in [5.41, 5.74) is 3.66. The molecule has 2 aromatic carbocycles. The molecule has 0 unspecified atom stereocenters. The highest BCUT2D eigenvalue weighted by Crippen LogP contribution is 2.39. The lowest BCUT2D eigenvalue weighted by molar-refractivity contribution is 0.214. The van der Waals surface area contributed by atoms with Crippen LogP contribution in [0.25, 0.3) is 0 Å². The molecule has 0 aliphatic carbocycles. The van der Waals surface area contributed by atoms with Gasteiger partial charge in [0.05, 0.1) is 0 Å². The smallest absolute Gasteiger partial charge is 0.308 e. The third-order valence-corrected chi connectivity index (χ3v) is 5.26. The van der Waals surface area contributed by atoms with E-state index in [0.29, 0.717) is 6.54 Å². The van der Waals surface area contributed by atoms with E-state index >= 15 is 0 Å². The van der Waals surface area contributed by atoms with Gasteiger partial charge in [0.1, 0.15) is 5.37 Å². The fraction of sp³-hybridized carbons (Fsp3) is 0.278. The second kappa shape index (κ2) is 6.81. The summed E-state index contributed by atoms with van der Waals surface area (Å²) in [6.45, 7) is 4.68. The second-order valence-corrected chi connectivity index (χ2v) is 7.02. The van der Waals surface area contributed by atoms with Crippen LogP contribution in [0.1, 0.15) is 22.1 Å². The number of benzene rings is 2. The van der Waals surface area contributed by atoms with Crippen molar-refractivity contribution >= 4 is 23.5 Å². The first-order valence-corrected chi connectivity index (χ1v) is 8.72. The summed E-state index contributed by atoms with van der Waals surface area (Å²) in [5, 5.41) is 2.58. The quantitative estimate of drug-likeness (QED) is 0.840. The number of amides is 2. The molecule has 2 amide bonds. The molecule has 126 valence electrons. The molecule has 0 spiro atoms. The Morgan fingerprint density at radius 1 is 1.17 bits per heavy atom. The summed E-state index contributed by atoms with van der Waals surface area (Å²) >= 11 is 1.70. The lowest BCUT2D eigenvalue weighted by Gasteiger charge is -2.25. The van der Waals surface area contributed by atoms with E-state index < -0.39 is 11.6 Å². The molecule has 3 nitrogen and oxygen atoms in total. The normalized spacial score (nSPS) is 17.2. The first-order valence-electron chi connectivity index (χ1n) is 7.67. The molecule has 0 aromatic heterocycles. The number of hydrogen-bond acceptors (Lipinski definition) is 2. The molecular formula is C18H18F2N2OS. The van der Waals surface area contributed by atoms with E-state index in [1.807, 2.05) is 26.0 Å². The number of nitrogens with zero attached hydrogens (tertiary/aromatic N) is 1. The molecule has 6 heteroatoms. The van der Waals surface area contributed by atoms with Gasteiger partial charge in [-0.1, -0.05) is 23.8 Å². The Bertz CT molecular complexity index is 782. The van der Waals surface area contributed by atoms with Crippen molar-refractivity contribution < 1.29 is 13.6 Å². The standard InChI is InChI=1S/C18H18F2N2OS/c1-11-3-5-14(12(2)9-11)17-22(7-8-24-17)18(23)21-13-4-6-15(19)16(20)10-13/h3-6,9-10,17H,7-8H2,1-2H3,(H,21,23)/t17-/m0/s1. The highest BCUT2D eigenvalue weighted by Gasteiger charge is 2.31. The molecule has 1 aliphatic heterocycles. The predicted octanol–water partition coefficient (Wildman–Crippen LogP) is 4.86. The minimum Gasteiger partial charge on any atom is -0.308 e. The Labute approximate surface area is 144 Å². The fourth-order valence-electron chi connectivity index (χ4n) is 2.81. The molecule has 1 N–H and O–H groups in total. The molecule has 1 aliphatic rings. The molecule has 3 rings (SSSR count). The van der Waals surface area contributed by atoms with Crippen molar-refractivity contribution in [3.05, 3.63) is 64.7 Å². The molecule has 2 aromatic rings. The molecule has 0 saturated carbocycles. The third kappa shape index (κ3) is 3.38. The lowest BCUT2D eigenvalue weighted by Crippen LogP contribution is -2.34. The van der Waals surface area contributed by atoms with Crippen molar-refractivity contribution in [1.82, 2.24) is 4.90 Å². The van der Waals surface area contributed by atoms with Crippen LogP contribution in [0.4, 0.5) is 19.3 Å². The topological polar surface area (TPSA) is 32.3 Å². The molecule has 1 atom stereocenters. The van der Waals surface area contributed by atoms with Crippen molar-refractivity contribution in [3.8, 4) is 0 Å². The van der Waals surface area contributed by atoms with E-state index in [2.05, 4.69) is 11.4 Å². The van der Waals surface area contributed by atoms with Crippen molar-refractivity contribution in [2.45, 2.75) is 19.2 Å². The van der Waals surface area contributed by atoms with Crippen molar-refractivity contribution in [2.24, 2.45) is 0 Å². The Hall–Kier alpha value is -2.08. The average molecular weight is 348 g/mol. The van der Waals surface area contributed by atoms with Gasteiger partial charge in [0.2, 0.25) is 0 Å². The third-order valence-electron chi connectivity index (χ3n) is 4.01. The van der Waals surface area contributed by atoms with Gasteiger partial charge >= 0.3 is 6.03 Å². The average Bonchev–Trinajstić information content (AvgIpc) is 3.00. The van der Waals surface area contributed by atoms with Gasteiger partial charge in [-0.25, -0.2) is 13.6 Å². The van der Waals surface area contributed by atoms with E-state index in [1.54, 1.807) is 16.7 Å². The minimum absolute atomic E-state index is 0.0732. The van der Waals surface area contributed by atoms with Crippen LogP contribution in [-0.2, 0) is 0 Å². The Kier molecular flexibility index (Phi) is 4.76. The van der Waals surface area contributed by atoms with E-state index in [9.17, 15) is 13.6 Å². The first kappa shape index (κ1) is 16.8. The van der Waals surface area contributed by atoms with Crippen molar-refractivity contribution in [2.75, 3.05) is 17.6 Å². The Morgan fingerprint density at radius 3 is 2.67 bits per heavy atom. The lowest BCUT2D eigenvalue weighted by atomic mass is 10.1. The van der Waals surface area contributed by atoms with Gasteiger partial charge in [-0.2, -0.15) is 0 Å². The van der Waals surface area contributed by atoms with E-state index in [4.69, 9.17) is 0 Å². The molecule has 1 fully saturated rings. The van der Waals surface area contributed by atoms with Crippen LogP contribution >= 0.6 is 11.8 Å². The number of urea groups is 1. The summed E-state index contributed by atoms with van der Waals surface area (Å²) in [6, 6.07) is 9.22. The Morgan fingerprint density at radius 2 is 1.96 bits per heavy atom. The molecule has 1 heterocycles. The van der Waals surface area contributed by atoms with Crippen LogP contribution in [0.5, 0.6) is 0 Å². The van der Waals surface area contributed by atoms with Crippen LogP contribution in [0.2, 0.25) is 0 Å². The van der Waals surface area contributed by atoms with Crippen LogP contribution in [0.15, 0.2) is 36.4 Å². The zero-order valence-electron chi connectivity index (χ0n) is 13.5. The zero-order valence-corrected chi connectivity index (χ0v) is 14.3. The molecule has 24 heavy (non-hydrogen) atoms. The van der Waals surface area contributed by atoms with Crippen molar-refractivity contribution in [1.29, 1.82) is 0 Å². The summed E-state index contributed by atoms with van der Waals surface area (Å²) < 4.78 is 26.3. The maximum Gasteiger partial charge on any atom is 0.323 e. The minimum atomic E-state index is -0.977. The van der Waals surface area contributed by atoms with E-state index in [0.717, 1.165) is 29.0 Å². The number of hydrogen-bond donors (Lipinski definition) is 1. The fourth-order valence-corrected chi connectivity index (χ4v) is 4.16. The van der Waals surface area contributed by atoms with Crippen LogP contribution in [-0.4, -0.2) is 23.2 Å². The van der Waals surface area contributed by atoms with Gasteiger partial charge < -0.3 is 10.2 Å². The molecular weight excluding hydrogens is 330 g/mol. The highest BCUT2D eigenvalue weighted by molar-refractivity contribution is 7.99. The second-order valence-electron chi connectivity index (χ2n) is 5.84. The molecule has 1 saturated heterocycles. The predicted molar refractivity (Wildman–Crippen MR) is 93.2 cm³/mol. The molecule has 0 radical (unpaired) electrons. The number of rotatable bonds is 2. The van der Waals surface area contributed by atoms with Gasteiger partial charge in [-0.05, 0) is 37.1 Å². The number of halogens is 2. The summed E-state index contributed by atoms with van der Waals surface area (Å²) in [4.78, 5) is 14.3. The maximum atomic E-state index is 13.3. The monoisotopic (exact) mass is 348 g/mol. The van der Waals surface area contributed by atoms with Crippen LogP contribution in [0, 0.1) is 25.5 Å². The van der Waals surface area contributed by atoms with Crippen molar-refractivity contribution in [3.63, 3.8) is 0 Å². The number of thioether (sulfide) groups is 1. The largest absolute Gasteiger partial charge is 0.323 e. The SMILES string of the molecule is Cc1ccc([C@@H]2SCCN2C(=O)Nc2ccc(F)c(F)c2)c(C)c1. The van der Waals surface area contributed by atoms with Gasteiger partial charge in [-0.3, -0.25) is 0 Å². The summed E-state index contributed by atoms with van der Waals surface area (Å²) in [6.07, 6.45) is 0. The van der Waals surface area contributed by atoms with Gasteiger partial charge in [0, 0.05) is 24.1 Å². The number of carbonyl (C=O) groups is 1. The van der Waals surface area contributed by atoms with Gasteiger partial charge in [0.25, 0.3) is 0 Å². The Balaban J connectivity index is 1.79. The van der Waals surface area contributed by atoms with Crippen LogP contribution in [0.3, 0.4) is 0 Å². The van der Waals surface area contributed by atoms with Gasteiger partial charge in [-0.15, -0.1) is 11.8 Å². The van der Waals surface area contributed by atoms with Gasteiger partial charge in [0.15, 0.2) is 11.6 Å². The number of carbonyl (C=O) groups excluding carboxylic acids is 1. The molecule has 0 bridgehead atoms. The summed E-state index contributed by atoms with van der Waals surface area (Å²) in [5.74, 6) is -1.07. The first-order chi connectivity index (χ1) is 11.5.